The number of alkyl halides is 3. The number of nitrogens with one attached hydrogen (secondary N) is 1. The average molecular weight is 524 g/mol. The van der Waals surface area contributed by atoms with Gasteiger partial charge in [0.25, 0.3) is 5.56 Å². The number of hydrogen-bond acceptors (Lipinski definition) is 9. The summed E-state index contributed by atoms with van der Waals surface area (Å²) in [6.07, 6.45) is -9.78. The highest BCUT2D eigenvalue weighted by Crippen LogP contribution is 2.41. The van der Waals surface area contributed by atoms with E-state index in [1.165, 1.54) is 12.1 Å². The number of aromatic nitrogens is 4. The molecule has 4 rings (SSSR count). The second-order valence-corrected chi connectivity index (χ2v) is 9.41. The Balaban J connectivity index is 1.74. The topological polar surface area (TPSA) is 180 Å². The Morgan fingerprint density at radius 2 is 2.00 bits per heavy atom. The number of ether oxygens (including phenoxy) is 1. The number of fused-ring (bicyclic) bond motifs is 1. The molecule has 3 heterocycles. The van der Waals surface area contributed by atoms with Gasteiger partial charge >= 0.3 is 14.0 Å². The molecule has 12 nitrogen and oxygen atoms in total. The molecular formula is C17H16F3N4O8PS. The van der Waals surface area contributed by atoms with Gasteiger partial charge in [-0.25, -0.2) is 14.5 Å². The summed E-state index contributed by atoms with van der Waals surface area (Å²) in [5, 5.41) is 20.8. The van der Waals surface area contributed by atoms with Gasteiger partial charge in [-0.1, -0.05) is 17.8 Å². The number of phosphoric ester groups is 1. The lowest BCUT2D eigenvalue weighted by Gasteiger charge is -2.19. The normalized spacial score (nSPS) is 23.6. The Morgan fingerprint density at radius 3 is 2.68 bits per heavy atom. The Morgan fingerprint density at radius 1 is 1.26 bits per heavy atom. The molecule has 0 aliphatic carbocycles. The summed E-state index contributed by atoms with van der Waals surface area (Å²) in [5.74, 6) is 0. The molecule has 1 saturated heterocycles. The van der Waals surface area contributed by atoms with Gasteiger partial charge in [0.2, 0.25) is 0 Å². The van der Waals surface area contributed by atoms with Crippen LogP contribution in [0.4, 0.5) is 13.2 Å². The quantitative estimate of drug-likeness (QED) is 0.291. The molecule has 0 saturated carbocycles. The van der Waals surface area contributed by atoms with E-state index in [0.29, 0.717) is 0 Å². The van der Waals surface area contributed by atoms with Gasteiger partial charge < -0.3 is 29.7 Å². The maximum absolute atomic E-state index is 13.1. The Kier molecular flexibility index (Phi) is 6.61. The van der Waals surface area contributed by atoms with Crippen LogP contribution < -0.4 is 5.56 Å². The van der Waals surface area contributed by atoms with Crippen molar-refractivity contribution in [3.05, 3.63) is 46.5 Å². The van der Waals surface area contributed by atoms with Crippen molar-refractivity contribution >= 4 is 30.7 Å². The highest BCUT2D eigenvalue weighted by Gasteiger charge is 2.46. The van der Waals surface area contributed by atoms with E-state index in [0.717, 1.165) is 34.8 Å². The molecule has 3 aromatic rings. The summed E-state index contributed by atoms with van der Waals surface area (Å²) >= 11 is 0.718. The van der Waals surface area contributed by atoms with Gasteiger partial charge in [-0.15, -0.1) is 0 Å². The Bertz CT molecular complexity index is 1310. The highest BCUT2D eigenvalue weighted by atomic mass is 32.2. The van der Waals surface area contributed by atoms with E-state index in [4.69, 9.17) is 14.5 Å². The number of aliphatic hydroxyl groups is 2. The molecule has 0 spiro atoms. The first-order valence-electron chi connectivity index (χ1n) is 9.37. The van der Waals surface area contributed by atoms with Gasteiger partial charge in [0.05, 0.1) is 18.5 Å². The summed E-state index contributed by atoms with van der Waals surface area (Å²) < 4.78 is 61.3. The van der Waals surface area contributed by atoms with Crippen molar-refractivity contribution in [3.63, 3.8) is 0 Å². The number of phosphoric acid groups is 1. The van der Waals surface area contributed by atoms with Crippen LogP contribution in [0.15, 0.2) is 45.4 Å². The first-order chi connectivity index (χ1) is 15.8. The third kappa shape index (κ3) is 5.04. The number of aromatic amines is 1. The summed E-state index contributed by atoms with van der Waals surface area (Å²) in [5.41, 5.74) is -1.91. The molecule has 34 heavy (non-hydrogen) atoms. The molecule has 1 aromatic carbocycles. The fourth-order valence-corrected chi connectivity index (χ4v) is 4.60. The molecule has 184 valence electrons. The van der Waals surface area contributed by atoms with Crippen molar-refractivity contribution in [1.82, 2.24) is 19.5 Å². The zero-order valence-electron chi connectivity index (χ0n) is 16.7. The van der Waals surface area contributed by atoms with Crippen molar-refractivity contribution in [3.8, 4) is 0 Å². The SMILES string of the molecule is O=c1[nH]cnc2c1nc(Sc1cccc(C(F)(F)F)c1)n2C1O[C@H](COP(=O)(O)O)[C@@H](O)[C@H]1O. The van der Waals surface area contributed by atoms with Gasteiger partial charge in [0.15, 0.2) is 22.5 Å². The minimum atomic E-state index is -4.91. The van der Waals surface area contributed by atoms with Gasteiger partial charge in [0, 0.05) is 4.90 Å². The van der Waals surface area contributed by atoms with Gasteiger partial charge in [-0.2, -0.15) is 13.2 Å². The first-order valence-corrected chi connectivity index (χ1v) is 11.7. The fraction of sp³-hybridized carbons (Fsp3) is 0.353. The molecule has 1 unspecified atom stereocenters. The third-order valence-corrected chi connectivity index (χ3v) is 6.27. The zero-order valence-corrected chi connectivity index (χ0v) is 18.4. The van der Waals surface area contributed by atoms with Gasteiger partial charge in [0.1, 0.15) is 18.3 Å². The summed E-state index contributed by atoms with van der Waals surface area (Å²) in [7, 11) is -4.91. The third-order valence-electron chi connectivity index (χ3n) is 4.82. The lowest BCUT2D eigenvalue weighted by atomic mass is 10.1. The van der Waals surface area contributed by atoms with Crippen LogP contribution in [0, 0.1) is 0 Å². The standard InChI is InChI=1S/C17H16F3N4O8PS/c18-17(19,20)7-2-1-3-8(4-7)34-16-23-10-13(21-6-22-14(10)27)24(16)15-12(26)11(25)9(32-15)5-31-33(28,29)30/h1-4,6,9,11-12,15,25-26H,5H2,(H,21,22,27)(H2,28,29,30)/t9-,11-,12-,15?/m1/s1. The van der Waals surface area contributed by atoms with E-state index in [1.54, 1.807) is 0 Å². The molecule has 0 radical (unpaired) electrons. The van der Waals surface area contributed by atoms with E-state index in [1.807, 2.05) is 0 Å². The number of H-pyrrole nitrogens is 1. The van der Waals surface area contributed by atoms with Crippen molar-refractivity contribution in [2.75, 3.05) is 6.61 Å². The minimum Gasteiger partial charge on any atom is -0.387 e. The van der Waals surface area contributed by atoms with E-state index >= 15 is 0 Å². The van der Waals surface area contributed by atoms with Crippen molar-refractivity contribution in [2.24, 2.45) is 0 Å². The van der Waals surface area contributed by atoms with Crippen molar-refractivity contribution in [1.29, 1.82) is 0 Å². The molecule has 1 aliphatic rings. The second kappa shape index (κ2) is 9.05. The smallest absolute Gasteiger partial charge is 0.387 e. The van der Waals surface area contributed by atoms with E-state index < -0.39 is 56.3 Å². The number of aliphatic hydroxyl groups excluding tert-OH is 2. The Labute approximate surface area is 191 Å². The van der Waals surface area contributed by atoms with E-state index in [-0.39, 0.29) is 21.2 Å². The zero-order chi connectivity index (χ0) is 24.8. The van der Waals surface area contributed by atoms with Crippen LogP contribution in [0.2, 0.25) is 0 Å². The van der Waals surface area contributed by atoms with Crippen LogP contribution in [0.5, 0.6) is 0 Å². The van der Waals surface area contributed by atoms with Crippen LogP contribution in [-0.4, -0.2) is 64.4 Å². The molecule has 0 bridgehead atoms. The fourth-order valence-electron chi connectivity index (χ4n) is 3.29. The predicted molar refractivity (Wildman–Crippen MR) is 108 cm³/mol. The number of nitrogens with zero attached hydrogens (tertiary/aromatic N) is 3. The Hall–Kier alpha value is -2.30. The largest absolute Gasteiger partial charge is 0.469 e. The van der Waals surface area contributed by atoms with E-state index in [2.05, 4.69) is 19.5 Å². The van der Waals surface area contributed by atoms with Gasteiger partial charge in [-0.05, 0) is 18.2 Å². The average Bonchev–Trinajstić information content (AvgIpc) is 3.24. The number of halogens is 3. The van der Waals surface area contributed by atoms with Crippen LogP contribution in [-0.2, 0) is 20.0 Å². The van der Waals surface area contributed by atoms with Crippen LogP contribution >= 0.6 is 19.6 Å². The highest BCUT2D eigenvalue weighted by molar-refractivity contribution is 7.99. The molecule has 1 fully saturated rings. The molecular weight excluding hydrogens is 508 g/mol. The number of rotatable bonds is 6. The molecule has 4 atom stereocenters. The molecule has 0 amide bonds. The number of benzene rings is 1. The van der Waals surface area contributed by atoms with Crippen molar-refractivity contribution in [2.45, 2.75) is 40.8 Å². The molecule has 17 heteroatoms. The van der Waals surface area contributed by atoms with E-state index in [9.17, 15) is 32.7 Å². The molecule has 2 aromatic heterocycles. The lowest BCUT2D eigenvalue weighted by molar-refractivity contribution is -0.137. The summed E-state index contributed by atoms with van der Waals surface area (Å²) in [6, 6.07) is 4.30. The monoisotopic (exact) mass is 524 g/mol. The number of hydrogen-bond donors (Lipinski definition) is 5. The maximum Gasteiger partial charge on any atom is 0.469 e. The minimum absolute atomic E-state index is 0.0914. The van der Waals surface area contributed by atoms with Crippen LogP contribution in [0.3, 0.4) is 0 Å². The van der Waals surface area contributed by atoms with Crippen LogP contribution in [0.1, 0.15) is 11.8 Å². The van der Waals surface area contributed by atoms with Crippen LogP contribution in [0.25, 0.3) is 11.2 Å². The summed E-state index contributed by atoms with van der Waals surface area (Å²) in [6.45, 7) is -0.782. The lowest BCUT2D eigenvalue weighted by Crippen LogP contribution is -2.33. The van der Waals surface area contributed by atoms with Gasteiger partial charge in [-0.3, -0.25) is 13.9 Å². The number of imidazole rings is 1. The molecule has 1 aliphatic heterocycles. The molecule has 5 N–H and O–H groups in total. The predicted octanol–water partition coefficient (Wildman–Crippen LogP) is 1.02. The summed E-state index contributed by atoms with van der Waals surface area (Å²) in [4.78, 5) is 40.5. The maximum atomic E-state index is 13.1. The second-order valence-electron chi connectivity index (χ2n) is 7.13. The van der Waals surface area contributed by atoms with Crippen molar-refractivity contribution < 1.29 is 47.0 Å². The first kappa shape index (κ1) is 24.8.